The number of rotatable bonds is 8. The normalized spacial score (nSPS) is 20.6. The molecule has 1 aromatic rings. The molecule has 1 aromatic carbocycles. The zero-order chi connectivity index (χ0) is 16.1. The Balaban J connectivity index is 1.89. The summed E-state index contributed by atoms with van der Waals surface area (Å²) in [5.74, 6) is 0.166. The Labute approximate surface area is 139 Å². The van der Waals surface area contributed by atoms with E-state index in [1.54, 1.807) is 19.9 Å². The molecule has 0 spiro atoms. The Bertz CT molecular complexity index is 522. The van der Waals surface area contributed by atoms with E-state index in [2.05, 4.69) is 16.4 Å². The van der Waals surface area contributed by atoms with Crippen molar-refractivity contribution in [3.8, 4) is 11.5 Å². The molecule has 2 rings (SSSR count). The molecule has 0 bridgehead atoms. The smallest absolute Gasteiger partial charge is 0.172 e. The van der Waals surface area contributed by atoms with E-state index in [4.69, 9.17) is 9.47 Å². The molecule has 0 radical (unpaired) electrons. The topological polar surface area (TPSA) is 47.6 Å². The Hall–Kier alpha value is -0.920. The van der Waals surface area contributed by atoms with Gasteiger partial charge in [0.15, 0.2) is 5.78 Å². The highest BCUT2D eigenvalue weighted by Crippen LogP contribution is 2.30. The highest BCUT2D eigenvalue weighted by atomic mass is 33.1. The zero-order valence-corrected chi connectivity index (χ0v) is 14.3. The number of benzene rings is 1. The van der Waals surface area contributed by atoms with Crippen molar-refractivity contribution >= 4 is 28.4 Å². The fourth-order valence-electron chi connectivity index (χ4n) is 2.03. The molecule has 1 saturated carbocycles. The lowest BCUT2D eigenvalue weighted by Crippen LogP contribution is -2.44. The van der Waals surface area contributed by atoms with Gasteiger partial charge in [-0.05, 0) is 11.0 Å². The van der Waals surface area contributed by atoms with Crippen LogP contribution in [0.3, 0.4) is 0 Å². The van der Waals surface area contributed by atoms with Crippen LogP contribution in [0.25, 0.3) is 0 Å². The van der Waals surface area contributed by atoms with Gasteiger partial charge in [0.25, 0.3) is 0 Å². The summed E-state index contributed by atoms with van der Waals surface area (Å²) in [6.45, 7) is 3.54. The zero-order valence-electron chi connectivity index (χ0n) is 12.5. The fourth-order valence-corrected chi connectivity index (χ4v) is 2.82. The van der Waals surface area contributed by atoms with Gasteiger partial charge in [-0.2, -0.15) is 0 Å². The third-order valence-corrected chi connectivity index (χ3v) is 4.24. The first-order chi connectivity index (χ1) is 10.5. The molecule has 1 fully saturated rings. The van der Waals surface area contributed by atoms with Crippen LogP contribution in [0.1, 0.15) is 26.7 Å². The minimum Gasteiger partial charge on any atom is -0.490 e. The van der Waals surface area contributed by atoms with E-state index in [1.165, 1.54) is 23.1 Å². The first-order valence-electron chi connectivity index (χ1n) is 7.16. The maximum atomic E-state index is 13.6. The van der Waals surface area contributed by atoms with E-state index in [-0.39, 0.29) is 24.4 Å². The first-order valence-corrected chi connectivity index (χ1v) is 9.03. The molecule has 1 aliphatic rings. The highest BCUT2D eigenvalue weighted by Gasteiger charge is 2.30. The van der Waals surface area contributed by atoms with Crippen molar-refractivity contribution in [2.24, 2.45) is 5.92 Å². The standard InChI is InChI=1S/C15H20FNO3S2/c1-9(2)15(18)8-19-12-3-10(16)4-13(7-12)20-14-5-11(6-14)17-22-21/h3-4,7,9,11,14,17,21H,5-6,8H2,1-2H3/t11-,14+. The van der Waals surface area contributed by atoms with E-state index < -0.39 is 5.82 Å². The monoisotopic (exact) mass is 345 g/mol. The summed E-state index contributed by atoms with van der Waals surface area (Å²) in [6, 6.07) is 4.57. The average molecular weight is 345 g/mol. The molecule has 0 amide bonds. The minimum atomic E-state index is -0.440. The maximum absolute atomic E-state index is 13.6. The van der Waals surface area contributed by atoms with Crippen LogP contribution in [-0.2, 0) is 4.79 Å². The molecule has 1 N–H and O–H groups in total. The summed E-state index contributed by atoms with van der Waals surface area (Å²) in [7, 11) is 1.29. The molecular weight excluding hydrogens is 325 g/mol. The lowest BCUT2D eigenvalue weighted by atomic mass is 9.90. The number of Topliss-reactive ketones (excluding diaryl/α,β-unsaturated/α-hetero) is 1. The van der Waals surface area contributed by atoms with Crippen LogP contribution in [0.5, 0.6) is 11.5 Å². The summed E-state index contributed by atoms with van der Waals surface area (Å²) < 4.78 is 27.8. The molecule has 7 heteroatoms. The van der Waals surface area contributed by atoms with Crippen LogP contribution < -0.4 is 14.2 Å². The molecular formula is C15H20FNO3S2. The quantitative estimate of drug-likeness (QED) is 0.429. The average Bonchev–Trinajstić information content (AvgIpc) is 2.42. The van der Waals surface area contributed by atoms with Gasteiger partial charge in [-0.15, -0.1) is 0 Å². The maximum Gasteiger partial charge on any atom is 0.172 e. The van der Waals surface area contributed by atoms with Crippen molar-refractivity contribution in [1.82, 2.24) is 4.72 Å². The van der Waals surface area contributed by atoms with Crippen molar-refractivity contribution in [2.75, 3.05) is 6.61 Å². The molecule has 0 aliphatic heterocycles. The third kappa shape index (κ3) is 5.07. The molecule has 0 heterocycles. The SMILES string of the molecule is CC(C)C(=O)COc1cc(F)cc(O[C@H]2C[C@@H](NSS)C2)c1. The van der Waals surface area contributed by atoms with E-state index in [0.717, 1.165) is 12.8 Å². The van der Waals surface area contributed by atoms with Crippen molar-refractivity contribution < 1.29 is 18.7 Å². The summed E-state index contributed by atoms with van der Waals surface area (Å²) in [5.41, 5.74) is 0. The van der Waals surface area contributed by atoms with Crippen molar-refractivity contribution in [3.63, 3.8) is 0 Å². The van der Waals surface area contributed by atoms with E-state index in [0.29, 0.717) is 17.5 Å². The lowest BCUT2D eigenvalue weighted by Gasteiger charge is -2.35. The van der Waals surface area contributed by atoms with Gasteiger partial charge in [-0.3, -0.25) is 9.52 Å². The van der Waals surface area contributed by atoms with Gasteiger partial charge in [-0.1, -0.05) is 25.5 Å². The van der Waals surface area contributed by atoms with Crippen molar-refractivity contribution in [1.29, 1.82) is 0 Å². The Kier molecular flexibility index (Phi) is 6.40. The van der Waals surface area contributed by atoms with Crippen LogP contribution in [0.4, 0.5) is 4.39 Å². The van der Waals surface area contributed by atoms with Gasteiger partial charge >= 0.3 is 0 Å². The molecule has 22 heavy (non-hydrogen) atoms. The molecule has 0 atom stereocenters. The largest absolute Gasteiger partial charge is 0.490 e. The second-order valence-electron chi connectivity index (χ2n) is 5.65. The van der Waals surface area contributed by atoms with Gasteiger partial charge in [0, 0.05) is 43.0 Å². The van der Waals surface area contributed by atoms with Crippen molar-refractivity contribution in [3.05, 3.63) is 24.0 Å². The van der Waals surface area contributed by atoms with Gasteiger partial charge in [0.1, 0.15) is 30.0 Å². The number of ether oxygens (including phenoxy) is 2. The summed E-state index contributed by atoms with van der Waals surface area (Å²) in [4.78, 5) is 11.6. The number of carbonyl (C=O) groups excluding carboxylic acids is 1. The number of nitrogens with one attached hydrogen (secondary N) is 1. The number of hydrogen-bond donors (Lipinski definition) is 2. The number of carbonyl (C=O) groups is 1. The Morgan fingerprint density at radius 2 is 2.09 bits per heavy atom. The molecule has 0 aromatic heterocycles. The van der Waals surface area contributed by atoms with Crippen LogP contribution in [-0.4, -0.2) is 24.5 Å². The summed E-state index contributed by atoms with van der Waals surface area (Å²) in [6.07, 6.45) is 1.77. The van der Waals surface area contributed by atoms with Gasteiger partial charge in [-0.25, -0.2) is 4.39 Å². The van der Waals surface area contributed by atoms with Crippen molar-refractivity contribution in [2.45, 2.75) is 38.8 Å². The Morgan fingerprint density at radius 3 is 2.73 bits per heavy atom. The molecule has 4 nitrogen and oxygen atoms in total. The van der Waals surface area contributed by atoms with E-state index in [1.807, 2.05) is 0 Å². The van der Waals surface area contributed by atoms with Crippen LogP contribution in [0, 0.1) is 11.7 Å². The van der Waals surface area contributed by atoms with E-state index >= 15 is 0 Å². The van der Waals surface area contributed by atoms with Crippen LogP contribution in [0.15, 0.2) is 18.2 Å². The predicted molar refractivity (Wildman–Crippen MR) is 88.9 cm³/mol. The summed E-state index contributed by atoms with van der Waals surface area (Å²) in [5, 5.41) is 0. The first kappa shape index (κ1) is 17.4. The molecule has 1 aliphatic carbocycles. The second kappa shape index (κ2) is 8.08. The minimum absolute atomic E-state index is 0.0242. The number of hydrogen-bond acceptors (Lipinski definition) is 6. The van der Waals surface area contributed by atoms with Gasteiger partial charge < -0.3 is 9.47 Å². The third-order valence-electron chi connectivity index (χ3n) is 3.49. The number of ketones is 1. The summed E-state index contributed by atoms with van der Waals surface area (Å²) >= 11 is 4.03. The number of halogens is 1. The van der Waals surface area contributed by atoms with Gasteiger partial charge in [0.05, 0.1) is 0 Å². The molecule has 122 valence electrons. The van der Waals surface area contributed by atoms with E-state index in [9.17, 15) is 9.18 Å². The second-order valence-corrected chi connectivity index (χ2v) is 6.62. The Morgan fingerprint density at radius 1 is 1.41 bits per heavy atom. The molecule has 0 saturated heterocycles. The fraction of sp³-hybridized carbons (Fsp3) is 0.533. The predicted octanol–water partition coefficient (Wildman–Crippen LogP) is 3.42. The number of thiol groups is 1. The lowest BCUT2D eigenvalue weighted by molar-refractivity contribution is -0.123. The van der Waals surface area contributed by atoms with Crippen LogP contribution in [0.2, 0.25) is 0 Å². The molecule has 0 unspecified atom stereocenters. The van der Waals surface area contributed by atoms with Gasteiger partial charge in [0.2, 0.25) is 0 Å². The highest BCUT2D eigenvalue weighted by molar-refractivity contribution is 8.67. The van der Waals surface area contributed by atoms with Crippen LogP contribution >= 0.6 is 22.6 Å².